The van der Waals surface area contributed by atoms with Crippen molar-refractivity contribution in [2.24, 2.45) is 11.8 Å². The van der Waals surface area contributed by atoms with E-state index in [9.17, 15) is 4.79 Å². The second-order valence-corrected chi connectivity index (χ2v) is 7.68. The van der Waals surface area contributed by atoms with Crippen LogP contribution in [0.15, 0.2) is 0 Å². The molecular formula is C16H24N2O2S. The van der Waals surface area contributed by atoms with Crippen LogP contribution in [0, 0.1) is 11.8 Å². The first-order valence-electron chi connectivity index (χ1n) is 7.76. The Morgan fingerprint density at radius 3 is 2.43 bits per heavy atom. The van der Waals surface area contributed by atoms with E-state index in [4.69, 9.17) is 10.5 Å². The van der Waals surface area contributed by atoms with Crippen molar-refractivity contribution >= 4 is 28.0 Å². The molecule has 0 radical (unpaired) electrons. The average molecular weight is 308 g/mol. The number of carbonyl (C=O) groups is 1. The molecule has 2 fully saturated rings. The largest absolute Gasteiger partial charge is 0.465 e. The standard InChI is InChI=1S/C16H24N2O2S/c1-9-6-10(2)8-18(7-9)15-12(11-4-5-11)13(17)14(21-15)16(19)20-3/h9-11H,4-8,17H2,1-3H3. The van der Waals surface area contributed by atoms with Crippen LogP contribution in [0.4, 0.5) is 10.7 Å². The van der Waals surface area contributed by atoms with E-state index in [0.29, 0.717) is 28.3 Å². The third kappa shape index (κ3) is 2.76. The number of hydrogen-bond donors (Lipinski definition) is 1. The van der Waals surface area contributed by atoms with Crippen LogP contribution < -0.4 is 10.6 Å². The van der Waals surface area contributed by atoms with E-state index in [-0.39, 0.29) is 5.97 Å². The van der Waals surface area contributed by atoms with Crippen molar-refractivity contribution in [2.75, 3.05) is 30.8 Å². The third-order valence-electron chi connectivity index (χ3n) is 4.48. The fraction of sp³-hybridized carbons (Fsp3) is 0.688. The summed E-state index contributed by atoms with van der Waals surface area (Å²) < 4.78 is 4.89. The van der Waals surface area contributed by atoms with Gasteiger partial charge in [-0.3, -0.25) is 0 Å². The predicted molar refractivity (Wildman–Crippen MR) is 87.2 cm³/mol. The smallest absolute Gasteiger partial charge is 0.350 e. The number of thiophene rings is 1. The molecule has 1 aromatic rings. The number of nitrogens with two attached hydrogens (primary N) is 1. The number of carbonyl (C=O) groups excluding carboxylic acids is 1. The minimum Gasteiger partial charge on any atom is -0.465 e. The lowest BCUT2D eigenvalue weighted by Gasteiger charge is -2.36. The van der Waals surface area contributed by atoms with Gasteiger partial charge in [-0.1, -0.05) is 13.8 Å². The Morgan fingerprint density at radius 2 is 1.90 bits per heavy atom. The van der Waals surface area contributed by atoms with E-state index in [0.717, 1.165) is 13.1 Å². The Balaban J connectivity index is 1.98. The second-order valence-electron chi connectivity index (χ2n) is 6.68. The number of ether oxygens (including phenoxy) is 1. The van der Waals surface area contributed by atoms with E-state index in [1.165, 1.54) is 48.3 Å². The number of rotatable bonds is 3. The fourth-order valence-corrected chi connectivity index (χ4v) is 4.76. The van der Waals surface area contributed by atoms with Gasteiger partial charge >= 0.3 is 5.97 Å². The first-order chi connectivity index (χ1) is 10.0. The predicted octanol–water partition coefficient (Wildman–Crippen LogP) is 3.48. The number of nitrogen functional groups attached to an aromatic ring is 1. The molecule has 1 saturated heterocycles. The molecule has 5 heteroatoms. The Kier molecular flexibility index (Phi) is 3.86. The summed E-state index contributed by atoms with van der Waals surface area (Å²) in [7, 11) is 1.42. The molecule has 2 N–H and O–H groups in total. The van der Waals surface area contributed by atoms with E-state index in [1.54, 1.807) is 0 Å². The van der Waals surface area contributed by atoms with Gasteiger partial charge in [0.25, 0.3) is 0 Å². The van der Waals surface area contributed by atoms with E-state index >= 15 is 0 Å². The van der Waals surface area contributed by atoms with Crippen LogP contribution in [0.5, 0.6) is 0 Å². The average Bonchev–Trinajstić information content (AvgIpc) is 3.20. The summed E-state index contributed by atoms with van der Waals surface area (Å²) in [5.74, 6) is 1.61. The molecule has 2 atom stereocenters. The number of hydrogen-bond acceptors (Lipinski definition) is 5. The summed E-state index contributed by atoms with van der Waals surface area (Å²) in [6, 6.07) is 0. The highest BCUT2D eigenvalue weighted by atomic mass is 32.1. The number of nitrogens with zero attached hydrogens (tertiary/aromatic N) is 1. The van der Waals surface area contributed by atoms with Crippen molar-refractivity contribution in [3.63, 3.8) is 0 Å². The molecule has 1 aliphatic carbocycles. The maximum atomic E-state index is 11.9. The Labute approximate surface area is 130 Å². The highest BCUT2D eigenvalue weighted by Crippen LogP contribution is 2.52. The van der Waals surface area contributed by atoms with Gasteiger partial charge in [-0.2, -0.15) is 0 Å². The minimum atomic E-state index is -0.302. The van der Waals surface area contributed by atoms with E-state index in [2.05, 4.69) is 18.7 Å². The zero-order valence-electron chi connectivity index (χ0n) is 13.0. The van der Waals surface area contributed by atoms with Gasteiger partial charge in [0.15, 0.2) is 0 Å². The molecule has 3 rings (SSSR count). The molecule has 2 unspecified atom stereocenters. The maximum absolute atomic E-state index is 11.9. The van der Waals surface area contributed by atoms with Crippen LogP contribution >= 0.6 is 11.3 Å². The van der Waals surface area contributed by atoms with Crippen LogP contribution in [0.2, 0.25) is 0 Å². The SMILES string of the molecule is COC(=O)c1sc(N2CC(C)CC(C)C2)c(C2CC2)c1N. The lowest BCUT2D eigenvalue weighted by molar-refractivity contribution is 0.0607. The van der Waals surface area contributed by atoms with Gasteiger partial charge in [-0.15, -0.1) is 11.3 Å². The van der Waals surface area contributed by atoms with Crippen molar-refractivity contribution in [2.45, 2.75) is 39.0 Å². The van der Waals surface area contributed by atoms with Crippen LogP contribution in [-0.4, -0.2) is 26.2 Å². The van der Waals surface area contributed by atoms with Crippen molar-refractivity contribution in [1.82, 2.24) is 0 Å². The van der Waals surface area contributed by atoms with Gasteiger partial charge in [0.05, 0.1) is 17.8 Å². The monoisotopic (exact) mass is 308 g/mol. The molecule has 1 aliphatic heterocycles. The van der Waals surface area contributed by atoms with Gasteiger partial charge in [-0.25, -0.2) is 4.79 Å². The number of esters is 1. The van der Waals surface area contributed by atoms with Gasteiger partial charge in [0.1, 0.15) is 4.88 Å². The first kappa shape index (κ1) is 14.7. The van der Waals surface area contributed by atoms with Crippen molar-refractivity contribution in [1.29, 1.82) is 0 Å². The summed E-state index contributed by atoms with van der Waals surface area (Å²) in [4.78, 5) is 15.0. The molecule has 0 bridgehead atoms. The number of methoxy groups -OCH3 is 1. The summed E-state index contributed by atoms with van der Waals surface area (Å²) >= 11 is 1.52. The summed E-state index contributed by atoms with van der Waals surface area (Å²) in [5.41, 5.74) is 8.15. The molecule has 2 heterocycles. The van der Waals surface area contributed by atoms with Gasteiger partial charge in [-0.05, 0) is 37.0 Å². The van der Waals surface area contributed by atoms with Crippen LogP contribution in [0.25, 0.3) is 0 Å². The molecular weight excluding hydrogens is 284 g/mol. The summed E-state index contributed by atoms with van der Waals surface area (Å²) in [6.07, 6.45) is 3.65. The van der Waals surface area contributed by atoms with Gasteiger partial charge < -0.3 is 15.4 Å². The molecule has 116 valence electrons. The van der Waals surface area contributed by atoms with Crippen molar-refractivity contribution in [3.8, 4) is 0 Å². The molecule has 4 nitrogen and oxygen atoms in total. The van der Waals surface area contributed by atoms with Crippen molar-refractivity contribution in [3.05, 3.63) is 10.4 Å². The topological polar surface area (TPSA) is 55.6 Å². The van der Waals surface area contributed by atoms with Gasteiger partial charge in [0, 0.05) is 18.7 Å². The Morgan fingerprint density at radius 1 is 1.29 bits per heavy atom. The molecule has 0 aromatic carbocycles. The zero-order valence-corrected chi connectivity index (χ0v) is 13.8. The minimum absolute atomic E-state index is 0.302. The molecule has 21 heavy (non-hydrogen) atoms. The second kappa shape index (κ2) is 5.52. The lowest BCUT2D eigenvalue weighted by atomic mass is 9.92. The van der Waals surface area contributed by atoms with Crippen LogP contribution in [-0.2, 0) is 4.74 Å². The molecule has 1 saturated carbocycles. The quantitative estimate of drug-likeness (QED) is 0.869. The highest BCUT2D eigenvalue weighted by Gasteiger charge is 2.36. The summed E-state index contributed by atoms with van der Waals surface area (Å²) in [6.45, 7) is 6.73. The molecule has 1 aromatic heterocycles. The number of piperidine rings is 1. The van der Waals surface area contributed by atoms with Crippen LogP contribution in [0.1, 0.15) is 54.3 Å². The third-order valence-corrected chi connectivity index (χ3v) is 5.74. The molecule has 0 spiro atoms. The number of anilines is 2. The summed E-state index contributed by atoms with van der Waals surface area (Å²) in [5, 5.41) is 1.22. The van der Waals surface area contributed by atoms with Crippen molar-refractivity contribution < 1.29 is 9.53 Å². The Bertz CT molecular complexity index is 541. The zero-order chi connectivity index (χ0) is 15.1. The maximum Gasteiger partial charge on any atom is 0.350 e. The fourth-order valence-electron chi connectivity index (χ4n) is 3.52. The first-order valence-corrected chi connectivity index (χ1v) is 8.58. The van der Waals surface area contributed by atoms with E-state index in [1.807, 2.05) is 0 Å². The molecule has 0 amide bonds. The van der Waals surface area contributed by atoms with Crippen LogP contribution in [0.3, 0.4) is 0 Å². The normalized spacial score (nSPS) is 26.0. The highest BCUT2D eigenvalue weighted by molar-refractivity contribution is 7.18. The molecule has 2 aliphatic rings. The lowest BCUT2D eigenvalue weighted by Crippen LogP contribution is -2.38. The van der Waals surface area contributed by atoms with Gasteiger partial charge in [0.2, 0.25) is 0 Å². The van der Waals surface area contributed by atoms with E-state index < -0.39 is 0 Å². The Hall–Kier alpha value is -1.23.